The molecular formula is C23H20ClNO4. The summed E-state index contributed by atoms with van der Waals surface area (Å²) in [5.74, 6) is 0.439. The van der Waals surface area contributed by atoms with E-state index in [1.54, 1.807) is 31.4 Å². The molecule has 0 bridgehead atoms. The minimum Gasteiger partial charge on any atom is -0.507 e. The van der Waals surface area contributed by atoms with Gasteiger partial charge in [0, 0.05) is 21.7 Å². The lowest BCUT2D eigenvalue weighted by molar-refractivity contribution is 0.0527. The van der Waals surface area contributed by atoms with E-state index in [1.165, 1.54) is 0 Å². The normalized spacial score (nSPS) is 11.1. The second kappa shape index (κ2) is 7.68. The van der Waals surface area contributed by atoms with Crippen LogP contribution in [0.15, 0.2) is 59.2 Å². The van der Waals surface area contributed by atoms with E-state index in [0.29, 0.717) is 28.1 Å². The molecule has 0 aliphatic rings. The Hall–Kier alpha value is -3.18. The third-order valence-electron chi connectivity index (χ3n) is 4.97. The average molecular weight is 410 g/mol. The average Bonchev–Trinajstić information content (AvgIpc) is 3.29. The number of hydrogen-bond acceptors (Lipinski definition) is 4. The molecule has 2 aromatic heterocycles. The van der Waals surface area contributed by atoms with E-state index in [2.05, 4.69) is 0 Å². The molecule has 0 aliphatic heterocycles. The third kappa shape index (κ3) is 3.49. The highest BCUT2D eigenvalue weighted by atomic mass is 35.5. The number of aromatic hydroxyl groups is 1. The van der Waals surface area contributed by atoms with Crippen LogP contribution in [0.1, 0.15) is 28.7 Å². The SMILES string of the molecule is CCOC(=O)c1c(C)n(Cc2ccco2)c2cc(-c3ccc(Cl)cc3)c(O)cc12. The molecule has 0 saturated carbocycles. The highest BCUT2D eigenvalue weighted by Gasteiger charge is 2.23. The number of benzene rings is 2. The molecule has 0 radical (unpaired) electrons. The van der Waals surface area contributed by atoms with Crippen molar-refractivity contribution in [3.05, 3.63) is 76.8 Å². The fraction of sp³-hybridized carbons (Fsp3) is 0.174. The predicted octanol–water partition coefficient (Wildman–Crippen LogP) is 5.79. The Kier molecular flexibility index (Phi) is 5.07. The number of furan rings is 1. The number of carbonyl (C=O) groups excluding carboxylic acids is 1. The number of phenolic OH excluding ortho intramolecular Hbond substituents is 1. The van der Waals surface area contributed by atoms with Crippen LogP contribution in [0.4, 0.5) is 0 Å². The molecule has 4 rings (SSSR count). The molecule has 148 valence electrons. The lowest BCUT2D eigenvalue weighted by atomic mass is 10.0. The van der Waals surface area contributed by atoms with Crippen LogP contribution in [-0.4, -0.2) is 22.2 Å². The van der Waals surface area contributed by atoms with Gasteiger partial charge in [0.1, 0.15) is 11.5 Å². The van der Waals surface area contributed by atoms with Crippen molar-refractivity contribution in [1.29, 1.82) is 0 Å². The zero-order valence-corrected chi connectivity index (χ0v) is 16.9. The van der Waals surface area contributed by atoms with Crippen molar-refractivity contribution in [3.8, 4) is 16.9 Å². The number of carbonyl (C=O) groups is 1. The number of nitrogens with zero attached hydrogens (tertiary/aromatic N) is 1. The number of aromatic nitrogens is 1. The van der Waals surface area contributed by atoms with Crippen LogP contribution in [0.25, 0.3) is 22.0 Å². The summed E-state index contributed by atoms with van der Waals surface area (Å²) in [7, 11) is 0. The van der Waals surface area contributed by atoms with Gasteiger partial charge in [-0.25, -0.2) is 4.79 Å². The van der Waals surface area contributed by atoms with E-state index in [0.717, 1.165) is 22.5 Å². The minimum atomic E-state index is -0.410. The second-order valence-corrected chi connectivity index (χ2v) is 7.18. The van der Waals surface area contributed by atoms with Gasteiger partial charge in [0.25, 0.3) is 0 Å². The van der Waals surface area contributed by atoms with Crippen LogP contribution in [0.5, 0.6) is 5.75 Å². The lowest BCUT2D eigenvalue weighted by Gasteiger charge is -2.09. The summed E-state index contributed by atoms with van der Waals surface area (Å²) in [5.41, 5.74) is 3.50. The maximum absolute atomic E-state index is 12.6. The molecule has 0 fully saturated rings. The van der Waals surface area contributed by atoms with Crippen molar-refractivity contribution in [1.82, 2.24) is 4.57 Å². The van der Waals surface area contributed by atoms with E-state index in [4.69, 9.17) is 20.8 Å². The van der Waals surface area contributed by atoms with Crippen LogP contribution in [0.2, 0.25) is 5.02 Å². The molecule has 1 N–H and O–H groups in total. The first-order valence-corrected chi connectivity index (χ1v) is 9.68. The Morgan fingerprint density at radius 2 is 1.97 bits per heavy atom. The van der Waals surface area contributed by atoms with Gasteiger partial charge in [-0.1, -0.05) is 23.7 Å². The zero-order valence-electron chi connectivity index (χ0n) is 16.1. The number of hydrogen-bond donors (Lipinski definition) is 1. The van der Waals surface area contributed by atoms with Crippen molar-refractivity contribution in [3.63, 3.8) is 0 Å². The molecule has 0 amide bonds. The summed E-state index contributed by atoms with van der Waals surface area (Å²) in [4.78, 5) is 12.6. The van der Waals surface area contributed by atoms with Gasteiger partial charge in [0.15, 0.2) is 0 Å². The maximum Gasteiger partial charge on any atom is 0.340 e. The molecular weight excluding hydrogens is 390 g/mol. The summed E-state index contributed by atoms with van der Waals surface area (Å²) < 4.78 is 12.8. The first kappa shape index (κ1) is 19.2. The molecule has 0 saturated heterocycles. The predicted molar refractivity (Wildman–Crippen MR) is 113 cm³/mol. The fourth-order valence-corrected chi connectivity index (χ4v) is 3.72. The van der Waals surface area contributed by atoms with Crippen molar-refractivity contribution in [2.75, 3.05) is 6.61 Å². The first-order valence-electron chi connectivity index (χ1n) is 9.30. The largest absolute Gasteiger partial charge is 0.507 e. The Morgan fingerprint density at radius 1 is 1.21 bits per heavy atom. The van der Waals surface area contributed by atoms with Gasteiger partial charge in [0.2, 0.25) is 0 Å². The summed E-state index contributed by atoms with van der Waals surface area (Å²) >= 11 is 6.00. The van der Waals surface area contributed by atoms with Gasteiger partial charge < -0.3 is 18.8 Å². The van der Waals surface area contributed by atoms with Gasteiger partial charge in [0.05, 0.1) is 30.5 Å². The van der Waals surface area contributed by atoms with E-state index in [-0.39, 0.29) is 12.4 Å². The Bertz CT molecular complexity index is 1170. The van der Waals surface area contributed by atoms with E-state index in [9.17, 15) is 9.90 Å². The number of phenols is 1. The molecule has 6 heteroatoms. The second-order valence-electron chi connectivity index (χ2n) is 6.74. The van der Waals surface area contributed by atoms with Crippen LogP contribution in [0.3, 0.4) is 0 Å². The van der Waals surface area contributed by atoms with E-state index >= 15 is 0 Å². The highest BCUT2D eigenvalue weighted by Crippen LogP contribution is 2.38. The van der Waals surface area contributed by atoms with Gasteiger partial charge >= 0.3 is 5.97 Å². The van der Waals surface area contributed by atoms with Crippen molar-refractivity contribution in [2.24, 2.45) is 0 Å². The first-order chi connectivity index (χ1) is 14.0. The molecule has 5 nitrogen and oxygen atoms in total. The molecule has 4 aromatic rings. The molecule has 0 aliphatic carbocycles. The van der Waals surface area contributed by atoms with Crippen molar-refractivity contribution >= 4 is 28.5 Å². The minimum absolute atomic E-state index is 0.0838. The van der Waals surface area contributed by atoms with Gasteiger partial charge in [-0.3, -0.25) is 0 Å². The van der Waals surface area contributed by atoms with Crippen LogP contribution >= 0.6 is 11.6 Å². The Labute approximate surface area is 173 Å². The summed E-state index contributed by atoms with van der Waals surface area (Å²) in [6, 6.07) is 14.5. The van der Waals surface area contributed by atoms with Crippen LogP contribution in [0, 0.1) is 6.92 Å². The molecule has 0 atom stereocenters. The number of ether oxygens (including phenoxy) is 1. The Balaban J connectivity index is 1.95. The maximum atomic E-state index is 12.6. The number of esters is 1. The smallest absolute Gasteiger partial charge is 0.340 e. The summed E-state index contributed by atoms with van der Waals surface area (Å²) in [6.07, 6.45) is 1.62. The number of fused-ring (bicyclic) bond motifs is 1. The molecule has 29 heavy (non-hydrogen) atoms. The number of halogens is 1. The highest BCUT2D eigenvalue weighted by molar-refractivity contribution is 6.30. The summed E-state index contributed by atoms with van der Waals surface area (Å²) in [6.45, 7) is 4.37. The zero-order chi connectivity index (χ0) is 20.5. The quantitative estimate of drug-likeness (QED) is 0.423. The lowest BCUT2D eigenvalue weighted by Crippen LogP contribution is -2.08. The Morgan fingerprint density at radius 3 is 2.62 bits per heavy atom. The van der Waals surface area contributed by atoms with Crippen LogP contribution in [-0.2, 0) is 11.3 Å². The van der Waals surface area contributed by atoms with Crippen molar-refractivity contribution < 1.29 is 19.1 Å². The van der Waals surface area contributed by atoms with Gasteiger partial charge in [-0.05, 0) is 55.8 Å². The topological polar surface area (TPSA) is 64.6 Å². The summed E-state index contributed by atoms with van der Waals surface area (Å²) in [5, 5.41) is 12.0. The molecule has 0 unspecified atom stereocenters. The van der Waals surface area contributed by atoms with Gasteiger partial charge in [-0.15, -0.1) is 0 Å². The fourth-order valence-electron chi connectivity index (χ4n) is 3.59. The van der Waals surface area contributed by atoms with Crippen molar-refractivity contribution in [2.45, 2.75) is 20.4 Å². The van der Waals surface area contributed by atoms with Crippen LogP contribution < -0.4 is 0 Å². The van der Waals surface area contributed by atoms with E-state index in [1.807, 2.05) is 41.8 Å². The number of rotatable bonds is 5. The molecule has 2 heterocycles. The molecule has 0 spiro atoms. The molecule has 2 aromatic carbocycles. The monoisotopic (exact) mass is 409 g/mol. The van der Waals surface area contributed by atoms with E-state index < -0.39 is 5.97 Å². The third-order valence-corrected chi connectivity index (χ3v) is 5.22. The standard InChI is InChI=1S/C23H20ClNO4/c1-3-28-23(27)22-14(2)25(13-17-5-4-10-29-17)20-11-18(21(26)12-19(20)22)15-6-8-16(24)9-7-15/h4-12,26H,3,13H2,1-2H3. The van der Waals surface area contributed by atoms with Gasteiger partial charge in [-0.2, -0.15) is 0 Å².